The zero-order valence-electron chi connectivity index (χ0n) is 13.1. The van der Waals surface area contributed by atoms with Crippen LogP contribution in [-0.2, 0) is 16.0 Å². The molecule has 1 amide bonds. The molecule has 0 saturated carbocycles. The van der Waals surface area contributed by atoms with E-state index < -0.39 is 0 Å². The largest absolute Gasteiger partial charge is 0.492 e. The van der Waals surface area contributed by atoms with E-state index in [-0.39, 0.29) is 24.7 Å². The van der Waals surface area contributed by atoms with Crippen LogP contribution in [0, 0.1) is 0 Å². The predicted molar refractivity (Wildman–Crippen MR) is 81.1 cm³/mol. The van der Waals surface area contributed by atoms with Gasteiger partial charge in [0.15, 0.2) is 0 Å². The molecule has 0 saturated heterocycles. The fourth-order valence-electron chi connectivity index (χ4n) is 2.24. The van der Waals surface area contributed by atoms with Gasteiger partial charge in [-0.3, -0.25) is 4.79 Å². The van der Waals surface area contributed by atoms with Crippen molar-refractivity contribution in [1.82, 2.24) is 0 Å². The number of carbonyl (C=O) groups excluding carboxylic acids is 1. The molecule has 5 heteroatoms. The third-order valence-electron chi connectivity index (χ3n) is 3.12. The molecule has 21 heavy (non-hydrogen) atoms. The zero-order valence-corrected chi connectivity index (χ0v) is 13.1. The molecule has 1 heterocycles. The van der Waals surface area contributed by atoms with Crippen molar-refractivity contribution >= 4 is 11.6 Å². The number of amides is 1. The van der Waals surface area contributed by atoms with Crippen molar-refractivity contribution < 1.29 is 19.0 Å². The van der Waals surface area contributed by atoms with E-state index in [2.05, 4.69) is 5.32 Å². The minimum atomic E-state index is -0.198. The predicted octanol–water partition coefficient (Wildman–Crippen LogP) is 2.77. The number of fused-ring (bicyclic) bond motifs is 1. The summed E-state index contributed by atoms with van der Waals surface area (Å²) in [6.07, 6.45) is 1.04. The van der Waals surface area contributed by atoms with Gasteiger partial charge in [-0.15, -0.1) is 0 Å². The van der Waals surface area contributed by atoms with Crippen LogP contribution in [0.15, 0.2) is 12.1 Å². The Balaban J connectivity index is 2.14. The monoisotopic (exact) mass is 293 g/mol. The first-order chi connectivity index (χ1) is 9.99. The van der Waals surface area contributed by atoms with Crippen LogP contribution < -0.4 is 14.8 Å². The third kappa shape index (κ3) is 4.11. The van der Waals surface area contributed by atoms with Crippen molar-refractivity contribution in [3.63, 3.8) is 0 Å². The van der Waals surface area contributed by atoms with E-state index in [1.165, 1.54) is 0 Å². The first kappa shape index (κ1) is 15.6. The molecule has 0 radical (unpaired) electrons. The second-order valence-corrected chi connectivity index (χ2v) is 5.43. The number of anilines is 1. The molecule has 116 valence electrons. The minimum absolute atomic E-state index is 0.0197. The highest BCUT2D eigenvalue weighted by atomic mass is 16.5. The maximum Gasteiger partial charge on any atom is 0.250 e. The molecule has 0 spiro atoms. The van der Waals surface area contributed by atoms with E-state index in [0.717, 1.165) is 17.7 Å². The van der Waals surface area contributed by atoms with E-state index in [9.17, 15) is 4.79 Å². The lowest BCUT2D eigenvalue weighted by atomic mass is 10.1. The topological polar surface area (TPSA) is 56.8 Å². The molecule has 1 atom stereocenters. The van der Waals surface area contributed by atoms with Crippen LogP contribution in [0.4, 0.5) is 5.69 Å². The lowest BCUT2D eigenvalue weighted by Crippen LogP contribution is -2.21. The number of nitrogens with one attached hydrogen (secondary N) is 1. The first-order valence-electron chi connectivity index (χ1n) is 7.37. The summed E-state index contributed by atoms with van der Waals surface area (Å²) in [6, 6.07) is 3.78. The van der Waals surface area contributed by atoms with Gasteiger partial charge in [0, 0.05) is 18.1 Å². The average molecular weight is 293 g/mol. The van der Waals surface area contributed by atoms with Crippen LogP contribution in [0.1, 0.15) is 33.3 Å². The standard InChI is InChI=1S/C16H23NO4/c1-5-19-15-7-12-6-11(4)21-14(12)8-13(15)17-16(18)9-20-10(2)3/h7-8,10-11H,5-6,9H2,1-4H3,(H,17,18). The molecular weight excluding hydrogens is 270 g/mol. The van der Waals surface area contributed by atoms with Crippen LogP contribution >= 0.6 is 0 Å². The molecule has 0 fully saturated rings. The lowest BCUT2D eigenvalue weighted by Gasteiger charge is -2.14. The summed E-state index contributed by atoms with van der Waals surface area (Å²) >= 11 is 0. The summed E-state index contributed by atoms with van der Waals surface area (Å²) in [4.78, 5) is 11.9. The normalized spacial score (nSPS) is 16.5. The van der Waals surface area contributed by atoms with Crippen molar-refractivity contribution in [3.8, 4) is 11.5 Å². The highest BCUT2D eigenvalue weighted by molar-refractivity contribution is 5.93. The number of carbonyl (C=O) groups is 1. The van der Waals surface area contributed by atoms with E-state index in [1.807, 2.05) is 39.8 Å². The van der Waals surface area contributed by atoms with Crippen molar-refractivity contribution in [3.05, 3.63) is 17.7 Å². The van der Waals surface area contributed by atoms with Crippen molar-refractivity contribution in [2.24, 2.45) is 0 Å². The van der Waals surface area contributed by atoms with Gasteiger partial charge < -0.3 is 19.5 Å². The van der Waals surface area contributed by atoms with Crippen LogP contribution in [0.5, 0.6) is 11.5 Å². The van der Waals surface area contributed by atoms with Crippen molar-refractivity contribution in [2.75, 3.05) is 18.5 Å². The molecular formula is C16H23NO4. The van der Waals surface area contributed by atoms with Gasteiger partial charge in [-0.1, -0.05) is 0 Å². The number of hydrogen-bond donors (Lipinski definition) is 1. The number of rotatable bonds is 6. The minimum Gasteiger partial charge on any atom is -0.492 e. The molecule has 1 N–H and O–H groups in total. The molecule has 5 nitrogen and oxygen atoms in total. The van der Waals surface area contributed by atoms with Gasteiger partial charge in [-0.2, -0.15) is 0 Å². The fraction of sp³-hybridized carbons (Fsp3) is 0.562. The molecule has 0 bridgehead atoms. The SMILES string of the molecule is CCOc1cc2c(cc1NC(=O)COC(C)C)OC(C)C2. The first-order valence-corrected chi connectivity index (χ1v) is 7.37. The summed E-state index contributed by atoms with van der Waals surface area (Å²) in [5.41, 5.74) is 1.74. The van der Waals surface area contributed by atoms with Gasteiger partial charge >= 0.3 is 0 Å². The summed E-state index contributed by atoms with van der Waals surface area (Å²) < 4.78 is 16.6. The molecule has 0 aliphatic carbocycles. The summed E-state index contributed by atoms with van der Waals surface area (Å²) in [7, 11) is 0. The van der Waals surface area contributed by atoms with Crippen LogP contribution in [0.2, 0.25) is 0 Å². The maximum atomic E-state index is 11.9. The van der Waals surface area contributed by atoms with Gasteiger partial charge in [0.05, 0.1) is 18.4 Å². The Labute approximate surface area is 125 Å². The van der Waals surface area contributed by atoms with Gasteiger partial charge in [0.2, 0.25) is 5.91 Å². The molecule has 1 unspecified atom stereocenters. The Bertz CT molecular complexity index is 513. The van der Waals surface area contributed by atoms with E-state index >= 15 is 0 Å². The van der Waals surface area contributed by atoms with Crippen molar-refractivity contribution in [2.45, 2.75) is 46.3 Å². The molecule has 1 aromatic carbocycles. The number of ether oxygens (including phenoxy) is 3. The second kappa shape index (κ2) is 6.80. The molecule has 2 rings (SSSR count). The Kier molecular flexibility index (Phi) is 5.07. The van der Waals surface area contributed by atoms with Gasteiger partial charge in [0.25, 0.3) is 0 Å². The van der Waals surface area contributed by atoms with Gasteiger partial charge in [-0.25, -0.2) is 0 Å². The summed E-state index contributed by atoms with van der Waals surface area (Å²) in [6.45, 7) is 8.29. The molecule has 0 aromatic heterocycles. The third-order valence-corrected chi connectivity index (χ3v) is 3.12. The quantitative estimate of drug-likeness (QED) is 0.876. The zero-order chi connectivity index (χ0) is 15.4. The van der Waals surface area contributed by atoms with Crippen molar-refractivity contribution in [1.29, 1.82) is 0 Å². The summed E-state index contributed by atoms with van der Waals surface area (Å²) in [5.74, 6) is 1.29. The second-order valence-electron chi connectivity index (χ2n) is 5.43. The maximum absolute atomic E-state index is 11.9. The molecule has 1 aliphatic heterocycles. The Morgan fingerprint density at radius 3 is 2.90 bits per heavy atom. The van der Waals surface area contributed by atoms with E-state index in [1.54, 1.807) is 0 Å². The number of hydrogen-bond acceptors (Lipinski definition) is 4. The van der Waals surface area contributed by atoms with E-state index in [0.29, 0.717) is 18.0 Å². The summed E-state index contributed by atoms with van der Waals surface area (Å²) in [5, 5.41) is 2.83. The van der Waals surface area contributed by atoms with Crippen LogP contribution in [0.3, 0.4) is 0 Å². The molecule has 1 aliphatic rings. The Morgan fingerprint density at radius 1 is 1.48 bits per heavy atom. The van der Waals surface area contributed by atoms with E-state index in [4.69, 9.17) is 14.2 Å². The fourth-order valence-corrected chi connectivity index (χ4v) is 2.24. The van der Waals surface area contributed by atoms with Crippen LogP contribution in [-0.4, -0.2) is 31.3 Å². The average Bonchev–Trinajstić information content (AvgIpc) is 2.76. The smallest absolute Gasteiger partial charge is 0.250 e. The Hall–Kier alpha value is -1.75. The lowest BCUT2D eigenvalue weighted by molar-refractivity contribution is -0.121. The highest BCUT2D eigenvalue weighted by Crippen LogP contribution is 2.37. The van der Waals surface area contributed by atoms with Crippen LogP contribution in [0.25, 0.3) is 0 Å². The number of benzene rings is 1. The molecule has 1 aromatic rings. The highest BCUT2D eigenvalue weighted by Gasteiger charge is 2.22. The van der Waals surface area contributed by atoms with Gasteiger partial charge in [0.1, 0.15) is 24.2 Å². The Morgan fingerprint density at radius 2 is 2.24 bits per heavy atom. The van der Waals surface area contributed by atoms with Gasteiger partial charge in [-0.05, 0) is 33.8 Å².